The number of benzene rings is 2. The van der Waals surface area contributed by atoms with Crippen LogP contribution in [-0.2, 0) is 17.8 Å². The molecule has 25 heavy (non-hydrogen) atoms. The molecule has 1 heterocycles. The second kappa shape index (κ2) is 7.94. The zero-order valence-electron chi connectivity index (χ0n) is 13.8. The molecule has 0 aliphatic rings. The molecule has 1 aromatic heterocycles. The summed E-state index contributed by atoms with van der Waals surface area (Å²) in [5.74, 6) is 0.320. The Morgan fingerprint density at radius 3 is 2.56 bits per heavy atom. The van der Waals surface area contributed by atoms with Crippen molar-refractivity contribution >= 4 is 22.9 Å². The van der Waals surface area contributed by atoms with E-state index in [1.807, 2.05) is 41.8 Å². The Morgan fingerprint density at radius 2 is 1.92 bits per heavy atom. The molecule has 0 aliphatic heterocycles. The lowest BCUT2D eigenvalue weighted by atomic mass is 10.1. The van der Waals surface area contributed by atoms with Crippen LogP contribution in [0, 0.1) is 5.82 Å². The molecule has 3 rings (SSSR count). The zero-order chi connectivity index (χ0) is 17.6. The van der Waals surface area contributed by atoms with E-state index in [0.29, 0.717) is 12.1 Å². The van der Waals surface area contributed by atoms with Gasteiger partial charge < -0.3 is 9.64 Å². The minimum atomic E-state index is -0.334. The van der Waals surface area contributed by atoms with E-state index in [9.17, 15) is 9.18 Å². The number of thiophene rings is 1. The zero-order valence-corrected chi connectivity index (χ0v) is 14.6. The molecule has 5 heteroatoms. The van der Waals surface area contributed by atoms with Crippen molar-refractivity contribution in [3.05, 3.63) is 82.3 Å². The molecule has 0 saturated heterocycles. The maximum Gasteiger partial charge on any atom is 0.231 e. The van der Waals surface area contributed by atoms with Crippen LogP contribution in [0.2, 0.25) is 0 Å². The number of carbonyl (C=O) groups excluding carboxylic acids is 1. The first kappa shape index (κ1) is 17.2. The second-order valence-corrected chi connectivity index (χ2v) is 6.60. The fraction of sp³-hybridized carbons (Fsp3) is 0.150. The molecule has 0 radical (unpaired) electrons. The van der Waals surface area contributed by atoms with E-state index < -0.39 is 0 Å². The summed E-state index contributed by atoms with van der Waals surface area (Å²) < 4.78 is 18.6. The number of amides is 1. The first-order chi connectivity index (χ1) is 12.2. The molecule has 3 aromatic rings. The van der Waals surface area contributed by atoms with Crippen LogP contribution >= 0.6 is 11.3 Å². The summed E-state index contributed by atoms with van der Waals surface area (Å²) in [7, 11) is 1.60. The van der Waals surface area contributed by atoms with E-state index in [-0.39, 0.29) is 18.1 Å². The number of hydrogen-bond donors (Lipinski definition) is 0. The predicted molar refractivity (Wildman–Crippen MR) is 98.6 cm³/mol. The van der Waals surface area contributed by atoms with Crippen LogP contribution in [0.5, 0.6) is 5.75 Å². The molecular formula is C20H18FNO2S. The minimum Gasteiger partial charge on any atom is -0.497 e. The van der Waals surface area contributed by atoms with Crippen LogP contribution < -0.4 is 9.64 Å². The van der Waals surface area contributed by atoms with Gasteiger partial charge in [-0.05, 0) is 53.4 Å². The van der Waals surface area contributed by atoms with Crippen molar-refractivity contribution in [2.24, 2.45) is 0 Å². The number of anilines is 1. The SMILES string of the molecule is COc1ccc(N(Cc2cccs2)C(=O)Cc2cccc(F)c2)cc1. The standard InChI is InChI=1S/C20H18FNO2S/c1-24-18-9-7-17(8-10-18)22(14-19-6-3-11-25-19)20(23)13-15-4-2-5-16(21)12-15/h2-12H,13-14H2,1H3. The van der Waals surface area contributed by atoms with Crippen LogP contribution in [0.15, 0.2) is 66.0 Å². The van der Waals surface area contributed by atoms with E-state index in [2.05, 4.69) is 0 Å². The molecule has 128 valence electrons. The highest BCUT2D eigenvalue weighted by atomic mass is 32.1. The monoisotopic (exact) mass is 355 g/mol. The summed E-state index contributed by atoms with van der Waals surface area (Å²) in [6.45, 7) is 0.484. The maximum atomic E-state index is 13.4. The number of methoxy groups -OCH3 is 1. The van der Waals surface area contributed by atoms with Gasteiger partial charge in [0.2, 0.25) is 5.91 Å². The van der Waals surface area contributed by atoms with Crippen molar-refractivity contribution in [2.45, 2.75) is 13.0 Å². The number of halogens is 1. The third-order valence-corrected chi connectivity index (χ3v) is 4.68. The summed E-state index contributed by atoms with van der Waals surface area (Å²) in [5.41, 5.74) is 1.45. The molecule has 2 aromatic carbocycles. The predicted octanol–water partition coefficient (Wildman–Crippen LogP) is 4.67. The third-order valence-electron chi connectivity index (χ3n) is 3.82. The van der Waals surface area contributed by atoms with Gasteiger partial charge in [-0.15, -0.1) is 11.3 Å². The largest absolute Gasteiger partial charge is 0.497 e. The lowest BCUT2D eigenvalue weighted by Crippen LogP contribution is -2.31. The Morgan fingerprint density at radius 1 is 1.12 bits per heavy atom. The smallest absolute Gasteiger partial charge is 0.231 e. The van der Waals surface area contributed by atoms with Gasteiger partial charge in [-0.2, -0.15) is 0 Å². The molecule has 0 unspecified atom stereocenters. The van der Waals surface area contributed by atoms with Crippen molar-refractivity contribution in [3.63, 3.8) is 0 Å². The molecule has 0 aliphatic carbocycles. The van der Waals surface area contributed by atoms with Crippen LogP contribution in [0.3, 0.4) is 0 Å². The molecule has 0 N–H and O–H groups in total. The molecule has 0 saturated carbocycles. The van der Waals surface area contributed by atoms with Crippen LogP contribution in [-0.4, -0.2) is 13.0 Å². The molecular weight excluding hydrogens is 337 g/mol. The maximum absolute atomic E-state index is 13.4. The van der Waals surface area contributed by atoms with Gasteiger partial charge in [0, 0.05) is 10.6 Å². The van der Waals surface area contributed by atoms with Gasteiger partial charge in [-0.1, -0.05) is 18.2 Å². The number of hydrogen-bond acceptors (Lipinski definition) is 3. The Balaban J connectivity index is 1.85. The molecule has 1 amide bonds. The number of ether oxygens (including phenoxy) is 1. The van der Waals surface area contributed by atoms with E-state index in [0.717, 1.165) is 16.3 Å². The Hall–Kier alpha value is -2.66. The van der Waals surface area contributed by atoms with Gasteiger partial charge in [0.1, 0.15) is 11.6 Å². The summed E-state index contributed by atoms with van der Waals surface area (Å²) in [5, 5.41) is 1.98. The molecule has 0 atom stereocenters. The quantitative estimate of drug-likeness (QED) is 0.643. The molecule has 0 spiro atoms. The summed E-state index contributed by atoms with van der Waals surface area (Å²) in [6.07, 6.45) is 0.148. The van der Waals surface area contributed by atoms with Gasteiger partial charge in [0.15, 0.2) is 0 Å². The van der Waals surface area contributed by atoms with Gasteiger partial charge >= 0.3 is 0 Å². The first-order valence-electron chi connectivity index (χ1n) is 7.87. The third kappa shape index (κ3) is 4.45. The highest BCUT2D eigenvalue weighted by molar-refractivity contribution is 7.09. The highest BCUT2D eigenvalue weighted by Gasteiger charge is 2.17. The number of rotatable bonds is 6. The van der Waals surface area contributed by atoms with Crippen LogP contribution in [0.4, 0.5) is 10.1 Å². The average Bonchev–Trinajstić information content (AvgIpc) is 3.13. The summed E-state index contributed by atoms with van der Waals surface area (Å²) in [4.78, 5) is 15.7. The van der Waals surface area contributed by atoms with Crippen LogP contribution in [0.25, 0.3) is 0 Å². The van der Waals surface area contributed by atoms with Crippen molar-refractivity contribution < 1.29 is 13.9 Å². The van der Waals surface area contributed by atoms with E-state index in [1.165, 1.54) is 12.1 Å². The van der Waals surface area contributed by atoms with Crippen molar-refractivity contribution in [1.82, 2.24) is 0 Å². The average molecular weight is 355 g/mol. The van der Waals surface area contributed by atoms with Crippen molar-refractivity contribution in [1.29, 1.82) is 0 Å². The molecule has 0 fully saturated rings. The molecule has 0 bridgehead atoms. The summed E-state index contributed by atoms with van der Waals surface area (Å²) >= 11 is 1.60. The lowest BCUT2D eigenvalue weighted by molar-refractivity contribution is -0.118. The van der Waals surface area contributed by atoms with Crippen LogP contribution in [0.1, 0.15) is 10.4 Å². The minimum absolute atomic E-state index is 0.0795. The highest BCUT2D eigenvalue weighted by Crippen LogP contribution is 2.23. The van der Waals surface area contributed by atoms with Crippen molar-refractivity contribution in [2.75, 3.05) is 12.0 Å². The van der Waals surface area contributed by atoms with E-state index in [4.69, 9.17) is 4.74 Å². The Kier molecular flexibility index (Phi) is 5.46. The van der Waals surface area contributed by atoms with Crippen molar-refractivity contribution in [3.8, 4) is 5.75 Å². The van der Waals surface area contributed by atoms with E-state index in [1.54, 1.807) is 35.5 Å². The molecule has 3 nitrogen and oxygen atoms in total. The second-order valence-electron chi connectivity index (χ2n) is 5.56. The lowest BCUT2D eigenvalue weighted by Gasteiger charge is -2.23. The fourth-order valence-electron chi connectivity index (χ4n) is 2.56. The van der Waals surface area contributed by atoms with E-state index >= 15 is 0 Å². The Bertz CT molecular complexity index is 831. The number of nitrogens with zero attached hydrogens (tertiary/aromatic N) is 1. The first-order valence-corrected chi connectivity index (χ1v) is 8.75. The Labute approximate surface area is 150 Å². The topological polar surface area (TPSA) is 29.5 Å². The van der Waals surface area contributed by atoms with Gasteiger partial charge in [0.25, 0.3) is 0 Å². The van der Waals surface area contributed by atoms with Gasteiger partial charge in [-0.25, -0.2) is 4.39 Å². The fourth-order valence-corrected chi connectivity index (χ4v) is 3.25. The summed E-state index contributed by atoms with van der Waals surface area (Å²) in [6, 6.07) is 17.5. The normalized spacial score (nSPS) is 10.5. The van der Waals surface area contributed by atoms with Gasteiger partial charge in [0.05, 0.1) is 20.1 Å². The van der Waals surface area contributed by atoms with Gasteiger partial charge in [-0.3, -0.25) is 4.79 Å². The number of carbonyl (C=O) groups is 1.